The van der Waals surface area contributed by atoms with Crippen molar-refractivity contribution in [1.82, 2.24) is 0 Å². The Balaban J connectivity index is 1.19. The van der Waals surface area contributed by atoms with Gasteiger partial charge in [0.1, 0.15) is 0 Å². The lowest BCUT2D eigenvalue weighted by Gasteiger charge is -2.42. The summed E-state index contributed by atoms with van der Waals surface area (Å²) in [4.78, 5) is 2.41. The number of rotatable bonds is 3. The molecule has 0 fully saturated rings. The summed E-state index contributed by atoms with van der Waals surface area (Å²) in [7, 11) is -3.35. The van der Waals surface area contributed by atoms with Crippen molar-refractivity contribution in [3.05, 3.63) is 192 Å². The van der Waals surface area contributed by atoms with Crippen molar-refractivity contribution < 1.29 is 4.57 Å². The molecule has 8 aromatic rings. The third-order valence-corrected chi connectivity index (χ3v) is 15.3. The Kier molecular flexibility index (Phi) is 6.88. The van der Waals surface area contributed by atoms with Crippen LogP contribution in [0, 0.1) is 0 Å². The molecular weight excluding hydrogens is 662 g/mol. The topological polar surface area (TPSA) is 20.3 Å². The van der Waals surface area contributed by atoms with Crippen LogP contribution in [-0.4, -0.2) is 0 Å². The lowest BCUT2D eigenvalue weighted by Crippen LogP contribution is -2.42. The van der Waals surface area contributed by atoms with Gasteiger partial charge in [0.2, 0.25) is 0 Å². The second-order valence-electron chi connectivity index (χ2n) is 15.7. The van der Waals surface area contributed by atoms with Gasteiger partial charge in [0.25, 0.3) is 0 Å². The largest absolute Gasteiger partial charge is 0.310 e. The minimum Gasteiger partial charge on any atom is -0.310 e. The van der Waals surface area contributed by atoms with E-state index in [1.54, 1.807) is 0 Å². The summed E-state index contributed by atoms with van der Waals surface area (Å²) in [6, 6.07) is 60.8. The molecule has 0 saturated heterocycles. The van der Waals surface area contributed by atoms with Gasteiger partial charge in [-0.1, -0.05) is 155 Å². The molecule has 0 N–H and O–H groups in total. The van der Waals surface area contributed by atoms with Crippen molar-refractivity contribution in [2.45, 2.75) is 38.5 Å². The maximum atomic E-state index is 16.6. The second-order valence-corrected chi connectivity index (χ2v) is 18.3. The normalized spacial score (nSPS) is 17.8. The maximum absolute atomic E-state index is 16.6. The van der Waals surface area contributed by atoms with E-state index in [2.05, 4.69) is 202 Å². The van der Waals surface area contributed by atoms with E-state index < -0.39 is 7.14 Å². The van der Waals surface area contributed by atoms with Gasteiger partial charge in [-0.3, -0.25) is 0 Å². The summed E-state index contributed by atoms with van der Waals surface area (Å²) in [6.45, 7) is 9.23. The lowest BCUT2D eigenvalue weighted by atomic mass is 9.73. The maximum Gasteiger partial charge on any atom is 0.172 e. The molecule has 0 bridgehead atoms. The monoisotopic (exact) mass is 701 g/mol. The number of hydrogen-bond donors (Lipinski definition) is 0. The van der Waals surface area contributed by atoms with Crippen LogP contribution in [0.25, 0.3) is 32.7 Å². The van der Waals surface area contributed by atoms with Crippen molar-refractivity contribution in [3.63, 3.8) is 0 Å². The Morgan fingerprint density at radius 3 is 1.60 bits per heavy atom. The van der Waals surface area contributed by atoms with Crippen molar-refractivity contribution in [2.75, 3.05) is 4.90 Å². The standard InChI is InChI=1S/C50H40NOP/c1-49(2)40-22-9-12-25-44(40)51(45-26-13-10-23-41(45)49)37-19-15-18-33(31-37)34-28-29-47-43(32-34)50(3,4)42-24-11-14-27-46(42)53(47,52)48-38-20-7-5-16-35(38)30-36-17-6-8-21-39(36)48/h5-32H,1-4H3. The van der Waals surface area contributed by atoms with Gasteiger partial charge < -0.3 is 9.46 Å². The Hall–Kier alpha value is -5.69. The van der Waals surface area contributed by atoms with Crippen molar-refractivity contribution >= 4 is 61.7 Å². The van der Waals surface area contributed by atoms with Crippen LogP contribution in [0.3, 0.4) is 0 Å². The summed E-state index contributed by atoms with van der Waals surface area (Å²) >= 11 is 0. The summed E-state index contributed by atoms with van der Waals surface area (Å²) in [5, 5.41) is 7.14. The van der Waals surface area contributed by atoms with Gasteiger partial charge >= 0.3 is 0 Å². The van der Waals surface area contributed by atoms with Crippen LogP contribution in [0.1, 0.15) is 49.9 Å². The quantitative estimate of drug-likeness (QED) is 0.135. The molecule has 8 aromatic carbocycles. The fraction of sp³-hybridized carbons (Fsp3) is 0.120. The van der Waals surface area contributed by atoms with E-state index >= 15 is 4.57 Å². The van der Waals surface area contributed by atoms with E-state index in [1.165, 1.54) is 22.5 Å². The molecular formula is C50H40NOP. The van der Waals surface area contributed by atoms with Crippen molar-refractivity contribution in [2.24, 2.45) is 0 Å². The average molecular weight is 702 g/mol. The zero-order valence-corrected chi connectivity index (χ0v) is 31.4. The van der Waals surface area contributed by atoms with Gasteiger partial charge in [0.15, 0.2) is 7.14 Å². The van der Waals surface area contributed by atoms with Gasteiger partial charge in [-0.15, -0.1) is 0 Å². The highest BCUT2D eigenvalue weighted by Gasteiger charge is 2.46. The first kappa shape index (κ1) is 32.0. The van der Waals surface area contributed by atoms with Gasteiger partial charge in [0, 0.05) is 32.4 Å². The average Bonchev–Trinajstić information content (AvgIpc) is 3.19. The van der Waals surface area contributed by atoms with Crippen LogP contribution in [0.15, 0.2) is 170 Å². The Morgan fingerprint density at radius 2 is 0.943 bits per heavy atom. The lowest BCUT2D eigenvalue weighted by molar-refractivity contribution is 0.586. The summed E-state index contributed by atoms with van der Waals surface area (Å²) in [6.07, 6.45) is 0. The molecule has 1 atom stereocenters. The molecule has 0 radical (unpaired) electrons. The summed E-state index contributed by atoms with van der Waals surface area (Å²) in [5.74, 6) is 0. The zero-order chi connectivity index (χ0) is 36.1. The molecule has 2 aliphatic rings. The fourth-order valence-corrected chi connectivity index (χ4v) is 13.2. The highest BCUT2D eigenvalue weighted by atomic mass is 31.2. The third-order valence-electron chi connectivity index (χ3n) is 12.1. The van der Waals surface area contributed by atoms with E-state index in [0.717, 1.165) is 65.4 Å². The summed E-state index contributed by atoms with van der Waals surface area (Å²) < 4.78 is 16.6. The first-order valence-electron chi connectivity index (χ1n) is 18.5. The number of benzene rings is 8. The van der Waals surface area contributed by atoms with E-state index in [-0.39, 0.29) is 10.8 Å². The number of para-hydroxylation sites is 2. The number of fused-ring (bicyclic) bond motifs is 6. The first-order valence-corrected chi connectivity index (χ1v) is 20.3. The smallest absolute Gasteiger partial charge is 0.172 e. The molecule has 0 aliphatic carbocycles. The van der Waals surface area contributed by atoms with Crippen molar-refractivity contribution in [1.29, 1.82) is 0 Å². The zero-order valence-electron chi connectivity index (χ0n) is 30.5. The molecule has 53 heavy (non-hydrogen) atoms. The SMILES string of the molecule is CC1(C)c2ccccc2N(c2cccc(-c3ccc4c(c3)C(C)(C)c3ccccc3P4(=O)c3c4ccccc4cc4ccccc34)c2)c2ccccc21. The minimum absolute atomic E-state index is 0.120. The molecule has 0 saturated carbocycles. The van der Waals surface area contributed by atoms with Gasteiger partial charge in [-0.05, 0) is 97.4 Å². The Bertz CT molecular complexity index is 2740. The van der Waals surface area contributed by atoms with Crippen LogP contribution in [-0.2, 0) is 15.4 Å². The molecule has 3 heteroatoms. The number of anilines is 3. The Labute approximate surface area is 311 Å². The fourth-order valence-electron chi connectivity index (χ4n) is 9.38. The second kappa shape index (κ2) is 11.4. The van der Waals surface area contributed by atoms with Gasteiger partial charge in [-0.25, -0.2) is 0 Å². The third kappa shape index (κ3) is 4.49. The predicted molar refractivity (Wildman–Crippen MR) is 225 cm³/mol. The number of hydrogen-bond acceptors (Lipinski definition) is 2. The minimum atomic E-state index is -3.35. The van der Waals surface area contributed by atoms with E-state index in [4.69, 9.17) is 0 Å². The molecule has 2 aliphatic heterocycles. The van der Waals surface area contributed by atoms with Gasteiger partial charge in [0.05, 0.1) is 11.4 Å². The molecule has 0 amide bonds. The number of nitrogens with zero attached hydrogens (tertiary/aromatic N) is 1. The van der Waals surface area contributed by atoms with Gasteiger partial charge in [-0.2, -0.15) is 0 Å². The Morgan fingerprint density at radius 1 is 0.434 bits per heavy atom. The van der Waals surface area contributed by atoms with E-state index in [1.807, 2.05) is 0 Å². The summed E-state index contributed by atoms with van der Waals surface area (Å²) in [5.41, 5.74) is 10.2. The van der Waals surface area contributed by atoms with E-state index in [9.17, 15) is 0 Å². The van der Waals surface area contributed by atoms with Crippen LogP contribution in [0.4, 0.5) is 17.1 Å². The van der Waals surface area contributed by atoms with Crippen LogP contribution >= 0.6 is 7.14 Å². The molecule has 256 valence electrons. The molecule has 2 heterocycles. The van der Waals surface area contributed by atoms with Crippen LogP contribution < -0.4 is 20.8 Å². The molecule has 10 rings (SSSR count). The highest BCUT2D eigenvalue weighted by molar-refractivity contribution is 7.86. The van der Waals surface area contributed by atoms with Crippen molar-refractivity contribution in [3.8, 4) is 11.1 Å². The van der Waals surface area contributed by atoms with E-state index in [0.29, 0.717) is 0 Å². The highest BCUT2D eigenvalue weighted by Crippen LogP contribution is 2.56. The predicted octanol–water partition coefficient (Wildman–Crippen LogP) is 12.0. The van der Waals surface area contributed by atoms with Crippen LogP contribution in [0.2, 0.25) is 0 Å². The molecule has 0 spiro atoms. The van der Waals surface area contributed by atoms with Crippen LogP contribution in [0.5, 0.6) is 0 Å². The first-order chi connectivity index (χ1) is 25.7. The molecule has 2 nitrogen and oxygen atoms in total. The molecule has 1 unspecified atom stereocenters. The molecule has 0 aromatic heterocycles.